The van der Waals surface area contributed by atoms with E-state index in [1.165, 1.54) is 28.6 Å². The molecule has 2 unspecified atom stereocenters. The molecule has 8 nitrogen and oxygen atoms in total. The van der Waals surface area contributed by atoms with E-state index in [9.17, 15) is 18.0 Å². The fourth-order valence-electron chi connectivity index (χ4n) is 5.69. The number of hydrogen-bond acceptors (Lipinski definition) is 6. The SMILES string of the molecule is COc1ccc2cc(C3CC(c4cc(Cl)cc(Cl)c4)CN3S(=O)(=O)c3ccc(C(=O)NCCC(=O)OC(C)(C)C)cc3)ccc2c1. The van der Waals surface area contributed by atoms with Gasteiger partial charge < -0.3 is 14.8 Å². The predicted molar refractivity (Wildman–Crippen MR) is 180 cm³/mol. The van der Waals surface area contributed by atoms with Crippen LogP contribution in [0.1, 0.15) is 67.1 Å². The molecule has 1 heterocycles. The van der Waals surface area contributed by atoms with Gasteiger partial charge in [-0.25, -0.2) is 8.42 Å². The Morgan fingerprint density at radius 3 is 2.20 bits per heavy atom. The maximum absolute atomic E-state index is 14.2. The summed E-state index contributed by atoms with van der Waals surface area (Å²) in [6, 6.07) is 22.4. The van der Waals surface area contributed by atoms with Crippen LogP contribution in [0.3, 0.4) is 0 Å². The summed E-state index contributed by atoms with van der Waals surface area (Å²) in [6.45, 7) is 5.63. The van der Waals surface area contributed by atoms with Crippen LogP contribution in [-0.2, 0) is 19.6 Å². The predicted octanol–water partition coefficient (Wildman–Crippen LogP) is 7.54. The van der Waals surface area contributed by atoms with Gasteiger partial charge >= 0.3 is 5.97 Å². The lowest BCUT2D eigenvalue weighted by Gasteiger charge is -2.25. The van der Waals surface area contributed by atoms with Crippen LogP contribution in [0.2, 0.25) is 10.0 Å². The van der Waals surface area contributed by atoms with Gasteiger partial charge in [-0.2, -0.15) is 4.31 Å². The standard InChI is InChI=1S/C35H36Cl2N2O6S/c1-35(2,3)45-33(40)13-14-38-34(41)22-8-11-31(12-9-22)46(42,43)39-21-27(26-16-28(36)20-29(37)17-26)19-32(39)25-6-5-24-18-30(44-4)10-7-23(24)15-25/h5-12,15-18,20,27,32H,13-14,19,21H2,1-4H3,(H,38,41). The molecule has 1 amide bonds. The van der Waals surface area contributed by atoms with Crippen molar-refractivity contribution in [2.75, 3.05) is 20.2 Å². The van der Waals surface area contributed by atoms with Crippen LogP contribution in [0, 0.1) is 0 Å². The third kappa shape index (κ3) is 7.83. The highest BCUT2D eigenvalue weighted by Gasteiger charge is 2.41. The lowest BCUT2D eigenvalue weighted by Crippen LogP contribution is -2.31. The second-order valence-corrected chi connectivity index (χ2v) is 15.1. The van der Waals surface area contributed by atoms with E-state index < -0.39 is 33.5 Å². The number of fused-ring (bicyclic) bond motifs is 1. The summed E-state index contributed by atoms with van der Waals surface area (Å²) in [7, 11) is -2.38. The number of hydrogen-bond donors (Lipinski definition) is 1. The lowest BCUT2D eigenvalue weighted by molar-refractivity contribution is -0.154. The summed E-state index contributed by atoms with van der Waals surface area (Å²) in [5, 5.41) is 5.60. The Hall–Kier alpha value is -3.63. The number of amides is 1. The van der Waals surface area contributed by atoms with Gasteiger partial charge in [0.2, 0.25) is 10.0 Å². The first kappa shape index (κ1) is 33.7. The number of carbonyl (C=O) groups excluding carboxylic acids is 2. The molecule has 11 heteroatoms. The summed E-state index contributed by atoms with van der Waals surface area (Å²) in [6.07, 6.45) is 0.544. The Bertz CT molecular complexity index is 1850. The summed E-state index contributed by atoms with van der Waals surface area (Å²) in [5.41, 5.74) is 1.39. The van der Waals surface area contributed by atoms with Gasteiger partial charge in [0.15, 0.2) is 0 Å². The summed E-state index contributed by atoms with van der Waals surface area (Å²) in [4.78, 5) is 24.7. The molecule has 1 aliphatic rings. The van der Waals surface area contributed by atoms with E-state index in [-0.39, 0.29) is 35.9 Å². The van der Waals surface area contributed by atoms with Crippen molar-refractivity contribution in [3.63, 3.8) is 0 Å². The van der Waals surface area contributed by atoms with E-state index in [1.807, 2.05) is 48.5 Å². The zero-order chi connectivity index (χ0) is 33.2. The first-order valence-corrected chi connectivity index (χ1v) is 17.1. The second-order valence-electron chi connectivity index (χ2n) is 12.3. The summed E-state index contributed by atoms with van der Waals surface area (Å²) < 4.78 is 40.6. The molecule has 0 bridgehead atoms. The Morgan fingerprint density at radius 2 is 1.54 bits per heavy atom. The highest BCUT2D eigenvalue weighted by molar-refractivity contribution is 7.89. The molecular formula is C35H36Cl2N2O6S. The van der Waals surface area contributed by atoms with Gasteiger partial charge in [-0.15, -0.1) is 0 Å². The number of nitrogens with one attached hydrogen (secondary N) is 1. The number of nitrogens with zero attached hydrogens (tertiary/aromatic N) is 1. The molecule has 242 valence electrons. The van der Waals surface area contributed by atoms with Gasteiger partial charge in [0, 0.05) is 28.7 Å². The van der Waals surface area contributed by atoms with Crippen LogP contribution >= 0.6 is 23.2 Å². The van der Waals surface area contributed by atoms with Crippen molar-refractivity contribution >= 4 is 55.9 Å². The van der Waals surface area contributed by atoms with Gasteiger partial charge in [0.05, 0.1) is 24.5 Å². The van der Waals surface area contributed by atoms with E-state index in [4.69, 9.17) is 32.7 Å². The third-order valence-corrected chi connectivity index (χ3v) is 10.2. The number of halogens is 2. The highest BCUT2D eigenvalue weighted by atomic mass is 35.5. The van der Waals surface area contributed by atoms with Crippen molar-refractivity contribution in [3.8, 4) is 5.75 Å². The van der Waals surface area contributed by atoms with E-state index in [0.29, 0.717) is 16.5 Å². The van der Waals surface area contributed by atoms with E-state index in [1.54, 1.807) is 33.9 Å². The van der Waals surface area contributed by atoms with Crippen LogP contribution in [0.25, 0.3) is 10.8 Å². The first-order valence-electron chi connectivity index (χ1n) is 14.9. The number of ether oxygens (including phenoxy) is 2. The number of methoxy groups -OCH3 is 1. The largest absolute Gasteiger partial charge is 0.497 e. The molecule has 5 rings (SSSR count). The van der Waals surface area contributed by atoms with Crippen LogP contribution < -0.4 is 10.1 Å². The van der Waals surface area contributed by atoms with E-state index in [0.717, 1.165) is 27.6 Å². The molecule has 1 aliphatic heterocycles. The Balaban J connectivity index is 1.40. The smallest absolute Gasteiger partial charge is 0.308 e. The third-order valence-electron chi connectivity index (χ3n) is 7.83. The molecule has 0 radical (unpaired) electrons. The fraction of sp³-hybridized carbons (Fsp3) is 0.314. The molecule has 1 saturated heterocycles. The molecule has 1 fully saturated rings. The van der Waals surface area contributed by atoms with Gasteiger partial charge in [-0.3, -0.25) is 9.59 Å². The molecular weight excluding hydrogens is 647 g/mol. The normalized spacial score (nSPS) is 17.2. The average Bonchev–Trinajstić information content (AvgIpc) is 3.46. The summed E-state index contributed by atoms with van der Waals surface area (Å²) in [5.74, 6) is -0.253. The molecule has 1 N–H and O–H groups in total. The Morgan fingerprint density at radius 1 is 0.891 bits per heavy atom. The molecule has 2 atom stereocenters. The van der Waals surface area contributed by atoms with Crippen LogP contribution in [0.4, 0.5) is 0 Å². The van der Waals surface area contributed by atoms with Crippen molar-refractivity contribution in [1.82, 2.24) is 9.62 Å². The number of carbonyl (C=O) groups is 2. The molecule has 0 aliphatic carbocycles. The molecule has 0 aromatic heterocycles. The molecule has 4 aromatic rings. The minimum Gasteiger partial charge on any atom is -0.497 e. The molecule has 4 aromatic carbocycles. The summed E-state index contributed by atoms with van der Waals surface area (Å²) >= 11 is 12.6. The first-order chi connectivity index (χ1) is 21.7. The van der Waals surface area contributed by atoms with Crippen molar-refractivity contribution in [1.29, 1.82) is 0 Å². The van der Waals surface area contributed by atoms with Crippen molar-refractivity contribution in [2.45, 2.75) is 56.1 Å². The number of benzene rings is 4. The topological polar surface area (TPSA) is 102 Å². The van der Waals surface area contributed by atoms with E-state index >= 15 is 0 Å². The zero-order valence-corrected chi connectivity index (χ0v) is 28.4. The average molecular weight is 684 g/mol. The Labute approximate surface area is 279 Å². The maximum atomic E-state index is 14.2. The van der Waals surface area contributed by atoms with E-state index in [2.05, 4.69) is 5.32 Å². The van der Waals surface area contributed by atoms with Crippen molar-refractivity contribution in [3.05, 3.63) is 106 Å². The highest BCUT2D eigenvalue weighted by Crippen LogP contribution is 2.45. The molecule has 0 spiro atoms. The Kier molecular flexibility index (Phi) is 9.98. The van der Waals surface area contributed by atoms with Gasteiger partial charge in [-0.1, -0.05) is 41.4 Å². The number of sulfonamides is 1. The number of esters is 1. The minimum atomic E-state index is -3.99. The lowest BCUT2D eigenvalue weighted by atomic mass is 9.93. The zero-order valence-electron chi connectivity index (χ0n) is 26.0. The minimum absolute atomic E-state index is 0.0210. The molecule has 0 saturated carbocycles. The van der Waals surface area contributed by atoms with Gasteiger partial charge in [0.25, 0.3) is 5.91 Å². The van der Waals surface area contributed by atoms with Crippen molar-refractivity contribution in [2.24, 2.45) is 0 Å². The van der Waals surface area contributed by atoms with Gasteiger partial charge in [0.1, 0.15) is 11.4 Å². The monoisotopic (exact) mass is 682 g/mol. The fourth-order valence-corrected chi connectivity index (χ4v) is 7.90. The number of rotatable bonds is 9. The quantitative estimate of drug-likeness (QED) is 0.183. The van der Waals surface area contributed by atoms with Crippen molar-refractivity contribution < 1.29 is 27.5 Å². The van der Waals surface area contributed by atoms with Crippen LogP contribution in [0.15, 0.2) is 83.8 Å². The second kappa shape index (κ2) is 13.6. The molecule has 46 heavy (non-hydrogen) atoms. The van der Waals surface area contributed by atoms with Crippen LogP contribution in [-0.4, -0.2) is 50.4 Å². The maximum Gasteiger partial charge on any atom is 0.308 e. The van der Waals surface area contributed by atoms with Gasteiger partial charge in [-0.05, 0) is 116 Å². The van der Waals surface area contributed by atoms with Crippen LogP contribution in [0.5, 0.6) is 5.75 Å².